The summed E-state index contributed by atoms with van der Waals surface area (Å²) in [7, 11) is 0. The summed E-state index contributed by atoms with van der Waals surface area (Å²) in [5.74, 6) is -0.357. The zero-order valence-electron chi connectivity index (χ0n) is 9.56. The fourth-order valence-corrected chi connectivity index (χ4v) is 1.33. The predicted molar refractivity (Wildman–Crippen MR) is 60.2 cm³/mol. The van der Waals surface area contributed by atoms with Crippen LogP contribution in [0.2, 0.25) is 0 Å². The Kier molecular flexibility index (Phi) is 5.52. The number of hydrogen-bond donors (Lipinski definition) is 1. The first-order valence-corrected chi connectivity index (χ1v) is 5.22. The van der Waals surface area contributed by atoms with Gasteiger partial charge in [-0.3, -0.25) is 9.78 Å². The van der Waals surface area contributed by atoms with Gasteiger partial charge >= 0.3 is 0 Å². The van der Waals surface area contributed by atoms with Crippen molar-refractivity contribution in [2.24, 2.45) is 0 Å². The Hall–Kier alpha value is -2.22. The zero-order chi connectivity index (χ0) is 13.4. The van der Waals surface area contributed by atoms with Gasteiger partial charge in [0, 0.05) is 25.5 Å². The summed E-state index contributed by atoms with van der Waals surface area (Å²) in [6.45, 7) is -0.368. The molecule has 0 radical (unpaired) electrons. The molecule has 0 aromatic carbocycles. The molecule has 1 amide bonds. The summed E-state index contributed by atoms with van der Waals surface area (Å²) < 4.78 is 0. The van der Waals surface area contributed by atoms with Crippen LogP contribution in [0.4, 0.5) is 0 Å². The number of carbonyl (C=O) groups is 1. The lowest BCUT2D eigenvalue weighted by Crippen LogP contribution is -2.36. The number of rotatable bonds is 7. The quantitative estimate of drug-likeness (QED) is 0.530. The SMILES string of the molecule is O=C(c1cccnc1)N(CCO)CCO[N+](=O)[O-]. The molecule has 1 heterocycles. The van der Waals surface area contributed by atoms with E-state index in [0.717, 1.165) is 0 Å². The number of aromatic nitrogens is 1. The minimum absolute atomic E-state index is 0.0231. The number of carbonyl (C=O) groups excluding carboxylic acids is 1. The summed E-state index contributed by atoms with van der Waals surface area (Å²) >= 11 is 0. The molecule has 1 rings (SSSR count). The molecule has 8 nitrogen and oxygen atoms in total. The Bertz CT molecular complexity index is 398. The molecule has 0 aliphatic rings. The maximum Gasteiger partial charge on any atom is 0.294 e. The summed E-state index contributed by atoms with van der Waals surface area (Å²) in [5, 5.41) is 17.9. The molecule has 98 valence electrons. The van der Waals surface area contributed by atoms with Gasteiger partial charge in [-0.25, -0.2) is 0 Å². The van der Waals surface area contributed by atoms with Crippen LogP contribution in [0, 0.1) is 10.1 Å². The summed E-state index contributed by atoms with van der Waals surface area (Å²) in [6, 6.07) is 3.19. The third-order valence-corrected chi connectivity index (χ3v) is 2.12. The van der Waals surface area contributed by atoms with E-state index in [4.69, 9.17) is 5.11 Å². The van der Waals surface area contributed by atoms with Crippen molar-refractivity contribution in [1.29, 1.82) is 0 Å². The van der Waals surface area contributed by atoms with E-state index < -0.39 is 5.09 Å². The molecule has 1 aromatic rings. The van der Waals surface area contributed by atoms with E-state index in [0.29, 0.717) is 5.56 Å². The molecule has 0 spiro atoms. The summed E-state index contributed by atoms with van der Waals surface area (Å²) in [5.41, 5.74) is 0.354. The molecule has 1 N–H and O–H groups in total. The second kappa shape index (κ2) is 7.17. The number of aliphatic hydroxyl groups is 1. The molecule has 18 heavy (non-hydrogen) atoms. The van der Waals surface area contributed by atoms with E-state index in [1.165, 1.54) is 17.3 Å². The van der Waals surface area contributed by atoms with Crippen molar-refractivity contribution < 1.29 is 19.8 Å². The average Bonchev–Trinajstić information content (AvgIpc) is 2.37. The van der Waals surface area contributed by atoms with Crippen LogP contribution in [0.15, 0.2) is 24.5 Å². The number of hydrogen-bond acceptors (Lipinski definition) is 6. The van der Waals surface area contributed by atoms with Crippen molar-refractivity contribution in [1.82, 2.24) is 9.88 Å². The molecule has 0 bridgehead atoms. The molecule has 8 heteroatoms. The van der Waals surface area contributed by atoms with Crippen molar-refractivity contribution in [3.8, 4) is 0 Å². The van der Waals surface area contributed by atoms with Crippen molar-refractivity contribution in [3.05, 3.63) is 40.2 Å². The Labute approximate surface area is 103 Å². The molecule has 0 saturated heterocycles. The van der Waals surface area contributed by atoms with Crippen LogP contribution in [-0.2, 0) is 4.84 Å². The third-order valence-electron chi connectivity index (χ3n) is 2.12. The zero-order valence-corrected chi connectivity index (χ0v) is 9.56. The highest BCUT2D eigenvalue weighted by Gasteiger charge is 2.15. The summed E-state index contributed by atoms with van der Waals surface area (Å²) in [4.78, 5) is 31.2. The Morgan fingerprint density at radius 1 is 1.56 bits per heavy atom. The lowest BCUT2D eigenvalue weighted by atomic mass is 10.2. The number of aliphatic hydroxyl groups excluding tert-OH is 1. The normalized spacial score (nSPS) is 9.83. The smallest absolute Gasteiger partial charge is 0.294 e. The van der Waals surface area contributed by atoms with Gasteiger partial charge in [0.15, 0.2) is 0 Å². The maximum atomic E-state index is 12.0. The van der Waals surface area contributed by atoms with Gasteiger partial charge in [0.25, 0.3) is 11.0 Å². The molecule has 1 aromatic heterocycles. The van der Waals surface area contributed by atoms with Gasteiger partial charge in [-0.15, -0.1) is 10.1 Å². The molecule has 0 aliphatic carbocycles. The number of nitrogens with zero attached hydrogens (tertiary/aromatic N) is 3. The molecule has 0 saturated carbocycles. The predicted octanol–water partition coefficient (Wildman–Crippen LogP) is -0.276. The molecular formula is C10H13N3O5. The van der Waals surface area contributed by atoms with Crippen LogP contribution >= 0.6 is 0 Å². The lowest BCUT2D eigenvalue weighted by molar-refractivity contribution is -0.757. The van der Waals surface area contributed by atoms with Gasteiger partial charge < -0.3 is 14.8 Å². The van der Waals surface area contributed by atoms with E-state index in [2.05, 4.69) is 9.82 Å². The standard InChI is InChI=1S/C10H13N3O5/c14-6-4-12(5-7-18-13(16)17)10(15)9-2-1-3-11-8-9/h1-3,8,14H,4-7H2. The first kappa shape index (κ1) is 13.8. The van der Waals surface area contributed by atoms with Gasteiger partial charge in [0.2, 0.25) is 0 Å². The Morgan fingerprint density at radius 3 is 2.89 bits per heavy atom. The molecular weight excluding hydrogens is 242 g/mol. The van der Waals surface area contributed by atoms with Crippen LogP contribution < -0.4 is 0 Å². The first-order valence-electron chi connectivity index (χ1n) is 5.22. The highest BCUT2D eigenvalue weighted by Crippen LogP contribution is 2.02. The molecule has 0 unspecified atom stereocenters. The van der Waals surface area contributed by atoms with Crippen LogP contribution in [0.1, 0.15) is 10.4 Å². The van der Waals surface area contributed by atoms with Gasteiger partial charge in [0.05, 0.1) is 12.2 Å². The largest absolute Gasteiger partial charge is 0.395 e. The average molecular weight is 255 g/mol. The van der Waals surface area contributed by atoms with Crippen molar-refractivity contribution in [2.75, 3.05) is 26.3 Å². The Balaban J connectivity index is 2.60. The van der Waals surface area contributed by atoms with E-state index in [9.17, 15) is 14.9 Å². The maximum absolute atomic E-state index is 12.0. The monoisotopic (exact) mass is 255 g/mol. The number of amides is 1. The minimum Gasteiger partial charge on any atom is -0.395 e. The summed E-state index contributed by atoms with van der Waals surface area (Å²) in [6.07, 6.45) is 2.92. The minimum atomic E-state index is -0.925. The van der Waals surface area contributed by atoms with E-state index in [-0.39, 0.29) is 32.2 Å². The second-order valence-electron chi connectivity index (χ2n) is 3.31. The third kappa shape index (κ3) is 4.34. The van der Waals surface area contributed by atoms with Gasteiger partial charge in [0.1, 0.15) is 6.61 Å². The number of pyridine rings is 1. The van der Waals surface area contributed by atoms with Crippen molar-refractivity contribution in [2.45, 2.75) is 0 Å². The van der Waals surface area contributed by atoms with Crippen LogP contribution in [0.25, 0.3) is 0 Å². The van der Waals surface area contributed by atoms with Gasteiger partial charge in [-0.05, 0) is 12.1 Å². The molecule has 0 aliphatic heterocycles. The first-order chi connectivity index (χ1) is 8.65. The second-order valence-corrected chi connectivity index (χ2v) is 3.31. The Morgan fingerprint density at radius 2 is 2.33 bits per heavy atom. The molecule has 0 atom stereocenters. The topological polar surface area (TPSA) is 106 Å². The highest BCUT2D eigenvalue weighted by molar-refractivity contribution is 5.93. The van der Waals surface area contributed by atoms with Crippen molar-refractivity contribution >= 4 is 5.91 Å². The van der Waals surface area contributed by atoms with Crippen LogP contribution in [0.5, 0.6) is 0 Å². The molecule has 0 fully saturated rings. The van der Waals surface area contributed by atoms with E-state index in [1.807, 2.05) is 0 Å². The van der Waals surface area contributed by atoms with E-state index in [1.54, 1.807) is 12.1 Å². The fourth-order valence-electron chi connectivity index (χ4n) is 1.33. The lowest BCUT2D eigenvalue weighted by Gasteiger charge is -2.20. The van der Waals surface area contributed by atoms with Crippen LogP contribution in [0.3, 0.4) is 0 Å². The van der Waals surface area contributed by atoms with Gasteiger partial charge in [-0.2, -0.15) is 0 Å². The van der Waals surface area contributed by atoms with Crippen LogP contribution in [-0.4, -0.2) is 52.3 Å². The fraction of sp³-hybridized carbons (Fsp3) is 0.400. The highest BCUT2D eigenvalue weighted by atomic mass is 16.9. The van der Waals surface area contributed by atoms with Crippen molar-refractivity contribution in [3.63, 3.8) is 0 Å². The van der Waals surface area contributed by atoms with E-state index >= 15 is 0 Å². The van der Waals surface area contributed by atoms with Gasteiger partial charge in [-0.1, -0.05) is 0 Å².